The zero-order valence-electron chi connectivity index (χ0n) is 20.3. The number of amides is 1. The van der Waals surface area contributed by atoms with Crippen LogP contribution in [0.25, 0.3) is 0 Å². The minimum absolute atomic E-state index is 0.00553. The standard InChI is InChI=1S/C26H28ClN3O5S2/c1-19-7-6-8-24(29-36(32,33)22-13-9-20(27)10-14-22)25(19)26(31)28-21-11-15-23(16-12-21)37(34,35)30-17-4-2-3-5-18-30/h6-16,29H,2-5,17-18H2,1H3,(H,28,31). The summed E-state index contributed by atoms with van der Waals surface area (Å²) in [6, 6.07) is 16.5. The van der Waals surface area contributed by atoms with E-state index in [2.05, 4.69) is 10.0 Å². The zero-order chi connectivity index (χ0) is 26.6. The molecule has 37 heavy (non-hydrogen) atoms. The number of carbonyl (C=O) groups is 1. The molecule has 0 unspecified atom stereocenters. The number of nitrogens with one attached hydrogen (secondary N) is 2. The van der Waals surface area contributed by atoms with E-state index in [1.807, 2.05) is 0 Å². The van der Waals surface area contributed by atoms with Gasteiger partial charge in [-0.15, -0.1) is 0 Å². The van der Waals surface area contributed by atoms with Crippen molar-refractivity contribution in [2.24, 2.45) is 0 Å². The van der Waals surface area contributed by atoms with E-state index in [1.54, 1.807) is 19.1 Å². The van der Waals surface area contributed by atoms with Crippen LogP contribution in [0.15, 0.2) is 76.5 Å². The van der Waals surface area contributed by atoms with E-state index in [0.717, 1.165) is 25.7 Å². The Morgan fingerprint density at radius 1 is 0.811 bits per heavy atom. The molecule has 0 aliphatic carbocycles. The summed E-state index contributed by atoms with van der Waals surface area (Å²) >= 11 is 5.86. The monoisotopic (exact) mass is 561 g/mol. The van der Waals surface area contributed by atoms with Crippen molar-refractivity contribution in [2.75, 3.05) is 23.1 Å². The summed E-state index contributed by atoms with van der Waals surface area (Å²) < 4.78 is 55.8. The molecule has 0 bridgehead atoms. The number of hydrogen-bond acceptors (Lipinski definition) is 5. The molecule has 4 rings (SSSR count). The van der Waals surface area contributed by atoms with Crippen LogP contribution in [0.4, 0.5) is 11.4 Å². The van der Waals surface area contributed by atoms with Crippen LogP contribution in [0, 0.1) is 6.92 Å². The predicted octanol–water partition coefficient (Wildman–Crippen LogP) is 5.27. The maximum atomic E-state index is 13.2. The fraction of sp³-hybridized carbons (Fsp3) is 0.269. The number of sulfonamides is 2. The fourth-order valence-corrected chi connectivity index (χ4v) is 6.92. The van der Waals surface area contributed by atoms with Gasteiger partial charge in [0.1, 0.15) is 0 Å². The molecule has 1 fully saturated rings. The molecule has 196 valence electrons. The van der Waals surface area contributed by atoms with Gasteiger partial charge < -0.3 is 5.32 Å². The Kier molecular flexibility index (Phi) is 8.23. The number of rotatable bonds is 7. The van der Waals surface area contributed by atoms with Crippen molar-refractivity contribution in [3.8, 4) is 0 Å². The Labute approximate surface area is 222 Å². The van der Waals surface area contributed by atoms with Gasteiger partial charge >= 0.3 is 0 Å². The van der Waals surface area contributed by atoms with Gasteiger partial charge in [-0.05, 0) is 79.9 Å². The van der Waals surface area contributed by atoms with Crippen LogP contribution in [0.3, 0.4) is 0 Å². The third-order valence-corrected chi connectivity index (χ3v) is 9.73. The van der Waals surface area contributed by atoms with E-state index in [-0.39, 0.29) is 21.0 Å². The molecule has 1 aliphatic heterocycles. The molecule has 1 amide bonds. The summed E-state index contributed by atoms with van der Waals surface area (Å²) in [4.78, 5) is 13.4. The van der Waals surface area contributed by atoms with Crippen molar-refractivity contribution in [2.45, 2.75) is 42.4 Å². The van der Waals surface area contributed by atoms with Crippen LogP contribution in [0.2, 0.25) is 5.02 Å². The van der Waals surface area contributed by atoms with Crippen molar-refractivity contribution in [3.05, 3.63) is 82.9 Å². The Morgan fingerprint density at radius 3 is 2.03 bits per heavy atom. The van der Waals surface area contributed by atoms with Crippen LogP contribution < -0.4 is 10.0 Å². The quantitative estimate of drug-likeness (QED) is 0.408. The summed E-state index contributed by atoms with van der Waals surface area (Å²) in [5.41, 5.74) is 1.22. The number of hydrogen-bond donors (Lipinski definition) is 2. The minimum atomic E-state index is -3.97. The van der Waals surface area contributed by atoms with E-state index in [0.29, 0.717) is 29.4 Å². The average molecular weight is 562 g/mol. The molecule has 3 aromatic carbocycles. The van der Waals surface area contributed by atoms with Gasteiger partial charge in [0.25, 0.3) is 15.9 Å². The molecular weight excluding hydrogens is 534 g/mol. The Balaban J connectivity index is 1.54. The summed E-state index contributed by atoms with van der Waals surface area (Å²) in [6.45, 7) is 2.71. The third kappa shape index (κ3) is 6.32. The number of carbonyl (C=O) groups excluding carboxylic acids is 1. The normalized spacial score (nSPS) is 15.1. The predicted molar refractivity (Wildman–Crippen MR) is 145 cm³/mol. The molecule has 0 radical (unpaired) electrons. The molecule has 1 aliphatic rings. The fourth-order valence-electron chi connectivity index (χ4n) is 4.21. The Bertz CT molecular complexity index is 1480. The van der Waals surface area contributed by atoms with Crippen LogP contribution in [-0.4, -0.2) is 40.1 Å². The SMILES string of the molecule is Cc1cccc(NS(=O)(=O)c2ccc(Cl)cc2)c1C(=O)Nc1ccc(S(=O)(=O)N2CCCCCC2)cc1. The molecule has 1 saturated heterocycles. The van der Waals surface area contributed by atoms with Crippen molar-refractivity contribution in [3.63, 3.8) is 0 Å². The van der Waals surface area contributed by atoms with Gasteiger partial charge in [0.15, 0.2) is 0 Å². The highest BCUT2D eigenvalue weighted by Crippen LogP contribution is 2.26. The summed E-state index contributed by atoms with van der Waals surface area (Å²) in [7, 11) is -7.58. The first-order valence-electron chi connectivity index (χ1n) is 11.9. The van der Waals surface area contributed by atoms with Gasteiger partial charge in [0, 0.05) is 23.8 Å². The Hall–Kier alpha value is -2.92. The second-order valence-corrected chi connectivity index (χ2v) is 12.9. The van der Waals surface area contributed by atoms with Crippen LogP contribution in [-0.2, 0) is 20.0 Å². The lowest BCUT2D eigenvalue weighted by molar-refractivity contribution is 0.102. The molecule has 0 aromatic heterocycles. The summed E-state index contributed by atoms with van der Waals surface area (Å²) in [5, 5.41) is 3.14. The van der Waals surface area contributed by atoms with Crippen molar-refractivity contribution < 1.29 is 21.6 Å². The highest BCUT2D eigenvalue weighted by atomic mass is 35.5. The van der Waals surface area contributed by atoms with Gasteiger partial charge in [-0.2, -0.15) is 4.31 Å². The van der Waals surface area contributed by atoms with E-state index < -0.39 is 26.0 Å². The molecule has 1 heterocycles. The lowest BCUT2D eigenvalue weighted by Gasteiger charge is -2.20. The van der Waals surface area contributed by atoms with Gasteiger partial charge in [-0.25, -0.2) is 16.8 Å². The molecule has 2 N–H and O–H groups in total. The largest absolute Gasteiger partial charge is 0.322 e. The molecular formula is C26H28ClN3O5S2. The lowest BCUT2D eigenvalue weighted by atomic mass is 10.1. The number of aryl methyl sites for hydroxylation is 1. The summed E-state index contributed by atoms with van der Waals surface area (Å²) in [5.74, 6) is -0.532. The molecule has 11 heteroatoms. The first kappa shape index (κ1) is 27.1. The maximum absolute atomic E-state index is 13.2. The molecule has 0 saturated carbocycles. The first-order chi connectivity index (χ1) is 17.6. The summed E-state index contributed by atoms with van der Waals surface area (Å²) in [6.07, 6.45) is 3.73. The Morgan fingerprint density at radius 2 is 1.41 bits per heavy atom. The molecule has 0 spiro atoms. The van der Waals surface area contributed by atoms with Crippen molar-refractivity contribution in [1.29, 1.82) is 0 Å². The second-order valence-electron chi connectivity index (χ2n) is 8.85. The van der Waals surface area contributed by atoms with Crippen LogP contribution in [0.5, 0.6) is 0 Å². The van der Waals surface area contributed by atoms with Gasteiger partial charge in [-0.1, -0.05) is 36.6 Å². The van der Waals surface area contributed by atoms with Gasteiger partial charge in [-0.3, -0.25) is 9.52 Å². The number of anilines is 2. The first-order valence-corrected chi connectivity index (χ1v) is 15.2. The second kappa shape index (κ2) is 11.2. The van der Waals surface area contributed by atoms with E-state index >= 15 is 0 Å². The number of halogens is 1. The van der Waals surface area contributed by atoms with Crippen molar-refractivity contribution in [1.82, 2.24) is 4.31 Å². The van der Waals surface area contributed by atoms with Crippen LogP contribution in [0.1, 0.15) is 41.6 Å². The minimum Gasteiger partial charge on any atom is -0.322 e. The molecule has 8 nitrogen and oxygen atoms in total. The van der Waals surface area contributed by atoms with Crippen LogP contribution >= 0.6 is 11.6 Å². The number of benzene rings is 3. The molecule has 0 atom stereocenters. The topological polar surface area (TPSA) is 113 Å². The molecule has 3 aromatic rings. The number of nitrogens with zero attached hydrogens (tertiary/aromatic N) is 1. The maximum Gasteiger partial charge on any atom is 0.261 e. The third-order valence-electron chi connectivity index (χ3n) is 6.18. The van der Waals surface area contributed by atoms with Crippen molar-refractivity contribution >= 4 is 48.9 Å². The highest BCUT2D eigenvalue weighted by Gasteiger charge is 2.25. The lowest BCUT2D eigenvalue weighted by Crippen LogP contribution is -2.31. The van der Waals surface area contributed by atoms with E-state index in [1.165, 1.54) is 58.9 Å². The highest BCUT2D eigenvalue weighted by molar-refractivity contribution is 7.92. The smallest absolute Gasteiger partial charge is 0.261 e. The van der Waals surface area contributed by atoms with Gasteiger partial charge in [0.2, 0.25) is 10.0 Å². The van der Waals surface area contributed by atoms with E-state index in [9.17, 15) is 21.6 Å². The zero-order valence-corrected chi connectivity index (χ0v) is 22.7. The van der Waals surface area contributed by atoms with E-state index in [4.69, 9.17) is 11.6 Å². The average Bonchev–Trinajstić information content (AvgIpc) is 3.15. The van der Waals surface area contributed by atoms with Gasteiger partial charge in [0.05, 0.1) is 21.0 Å².